The van der Waals surface area contributed by atoms with Crippen molar-refractivity contribution in [3.8, 4) is 0 Å². The molecule has 3 amide bonds. The molecule has 116 valence electrons. The number of hydrogen-bond donors (Lipinski definition) is 5. The van der Waals surface area contributed by atoms with Crippen LogP contribution in [-0.2, 0) is 16.0 Å². The van der Waals surface area contributed by atoms with Gasteiger partial charge in [-0.05, 0) is 6.92 Å². The summed E-state index contributed by atoms with van der Waals surface area (Å²) in [5.74, 6) is -1.33. The van der Waals surface area contributed by atoms with Crippen LogP contribution in [0.3, 0.4) is 0 Å². The third-order valence-corrected chi connectivity index (χ3v) is 2.59. The lowest BCUT2D eigenvalue weighted by Gasteiger charge is -2.14. The van der Waals surface area contributed by atoms with E-state index in [4.69, 9.17) is 5.11 Å². The van der Waals surface area contributed by atoms with E-state index in [-0.39, 0.29) is 25.3 Å². The average Bonchev–Trinajstić information content (AvgIpc) is 2.91. The second-order valence-corrected chi connectivity index (χ2v) is 4.28. The molecule has 1 aromatic heterocycles. The number of imidazole rings is 1. The summed E-state index contributed by atoms with van der Waals surface area (Å²) < 4.78 is 0. The van der Waals surface area contributed by atoms with Crippen molar-refractivity contribution in [2.45, 2.75) is 25.8 Å². The van der Waals surface area contributed by atoms with Crippen LogP contribution in [0.4, 0.5) is 4.79 Å². The Morgan fingerprint density at radius 1 is 1.38 bits per heavy atom. The molecule has 0 saturated carbocycles. The number of amides is 3. The summed E-state index contributed by atoms with van der Waals surface area (Å²) in [5.41, 5.74) is 0.602. The van der Waals surface area contributed by atoms with Crippen LogP contribution in [0.25, 0.3) is 0 Å². The highest BCUT2D eigenvalue weighted by molar-refractivity contribution is 5.83. The summed E-state index contributed by atoms with van der Waals surface area (Å²) in [6.07, 6.45) is 3.16. The van der Waals surface area contributed by atoms with Crippen molar-refractivity contribution in [3.05, 3.63) is 18.2 Å². The minimum Gasteiger partial charge on any atom is -0.480 e. The third kappa shape index (κ3) is 6.41. The van der Waals surface area contributed by atoms with Crippen LogP contribution < -0.4 is 16.0 Å². The second-order valence-electron chi connectivity index (χ2n) is 4.28. The van der Waals surface area contributed by atoms with Gasteiger partial charge in [-0.15, -0.1) is 0 Å². The van der Waals surface area contributed by atoms with Crippen molar-refractivity contribution in [2.75, 3.05) is 13.1 Å². The number of carboxylic acids is 1. The molecule has 9 heteroatoms. The number of carbonyl (C=O) groups is 3. The van der Waals surface area contributed by atoms with Crippen molar-refractivity contribution >= 4 is 17.9 Å². The maximum absolute atomic E-state index is 11.6. The van der Waals surface area contributed by atoms with Crippen LogP contribution in [0.15, 0.2) is 12.5 Å². The third-order valence-electron chi connectivity index (χ3n) is 2.59. The summed E-state index contributed by atoms with van der Waals surface area (Å²) in [7, 11) is 0. The van der Waals surface area contributed by atoms with Gasteiger partial charge in [0.1, 0.15) is 6.04 Å². The smallest absolute Gasteiger partial charge is 0.326 e. The molecule has 0 aliphatic carbocycles. The first-order chi connectivity index (χ1) is 10.0. The molecule has 0 aliphatic rings. The Morgan fingerprint density at radius 2 is 2.14 bits per heavy atom. The molecule has 5 N–H and O–H groups in total. The highest BCUT2D eigenvalue weighted by Crippen LogP contribution is 1.98. The van der Waals surface area contributed by atoms with Gasteiger partial charge in [-0.25, -0.2) is 14.6 Å². The molecule has 0 unspecified atom stereocenters. The van der Waals surface area contributed by atoms with Gasteiger partial charge in [-0.1, -0.05) is 0 Å². The number of rotatable bonds is 8. The first kappa shape index (κ1) is 16.5. The van der Waals surface area contributed by atoms with E-state index in [1.54, 1.807) is 6.92 Å². The SMILES string of the molecule is CCNC(=O)CCNC(=O)N[C@@H](Cc1cnc[nH]1)C(=O)O. The standard InChI is InChI=1S/C12H19N5O4/c1-2-14-10(18)3-4-15-12(21)17-9(11(19)20)5-8-6-13-7-16-8/h6-7,9H,2-5H2,1H3,(H,13,16)(H,14,18)(H,19,20)(H2,15,17,21)/t9-/m0/s1. The Labute approximate surface area is 121 Å². The highest BCUT2D eigenvalue weighted by Gasteiger charge is 2.20. The van der Waals surface area contributed by atoms with E-state index >= 15 is 0 Å². The molecule has 1 atom stereocenters. The van der Waals surface area contributed by atoms with Crippen molar-refractivity contribution in [1.29, 1.82) is 0 Å². The highest BCUT2D eigenvalue weighted by atomic mass is 16.4. The molecule has 0 aliphatic heterocycles. The van der Waals surface area contributed by atoms with Crippen LogP contribution in [0, 0.1) is 0 Å². The van der Waals surface area contributed by atoms with Crippen LogP contribution >= 0.6 is 0 Å². The number of hydrogen-bond acceptors (Lipinski definition) is 4. The molecule has 21 heavy (non-hydrogen) atoms. The lowest BCUT2D eigenvalue weighted by Crippen LogP contribution is -2.47. The second kappa shape index (κ2) is 8.56. The van der Waals surface area contributed by atoms with Gasteiger partial charge >= 0.3 is 12.0 Å². The number of urea groups is 1. The van der Waals surface area contributed by atoms with Crippen molar-refractivity contribution in [2.24, 2.45) is 0 Å². The number of nitrogens with one attached hydrogen (secondary N) is 4. The van der Waals surface area contributed by atoms with E-state index in [2.05, 4.69) is 25.9 Å². The average molecular weight is 297 g/mol. The Hall–Kier alpha value is -2.58. The van der Waals surface area contributed by atoms with Crippen molar-refractivity contribution in [3.63, 3.8) is 0 Å². The predicted molar refractivity (Wildman–Crippen MR) is 73.6 cm³/mol. The van der Waals surface area contributed by atoms with Crippen molar-refractivity contribution in [1.82, 2.24) is 25.9 Å². The summed E-state index contributed by atoms with van der Waals surface area (Å²) in [6, 6.07) is -1.71. The van der Waals surface area contributed by atoms with Gasteiger partial charge in [0, 0.05) is 37.8 Å². The predicted octanol–water partition coefficient (Wildman–Crippen LogP) is -0.769. The molecule has 1 rings (SSSR count). The zero-order valence-electron chi connectivity index (χ0n) is 11.7. The minimum absolute atomic E-state index is 0.0963. The number of aliphatic carboxylic acids is 1. The number of H-pyrrole nitrogens is 1. The Morgan fingerprint density at radius 3 is 2.71 bits per heavy atom. The Balaban J connectivity index is 2.35. The van der Waals surface area contributed by atoms with E-state index in [1.165, 1.54) is 12.5 Å². The Kier molecular flexibility index (Phi) is 6.72. The van der Waals surface area contributed by atoms with E-state index in [0.29, 0.717) is 12.2 Å². The topological polar surface area (TPSA) is 136 Å². The molecule has 0 radical (unpaired) electrons. The molecule has 0 saturated heterocycles. The fraction of sp³-hybridized carbons (Fsp3) is 0.500. The van der Waals surface area contributed by atoms with Gasteiger partial charge < -0.3 is 26.0 Å². The minimum atomic E-state index is -1.15. The molecule has 0 fully saturated rings. The van der Waals surface area contributed by atoms with Crippen LogP contribution in [-0.4, -0.2) is 52.1 Å². The maximum Gasteiger partial charge on any atom is 0.326 e. The number of carbonyl (C=O) groups excluding carboxylic acids is 2. The number of nitrogens with zero attached hydrogens (tertiary/aromatic N) is 1. The number of carboxylic acid groups (broad SMARTS) is 1. The largest absolute Gasteiger partial charge is 0.480 e. The van der Waals surface area contributed by atoms with E-state index < -0.39 is 18.0 Å². The molecule has 0 spiro atoms. The fourth-order valence-corrected chi connectivity index (χ4v) is 1.60. The molecule has 0 aromatic carbocycles. The normalized spacial score (nSPS) is 11.5. The van der Waals surface area contributed by atoms with Gasteiger partial charge in [0.25, 0.3) is 0 Å². The quantitative estimate of drug-likeness (QED) is 0.429. The van der Waals surface area contributed by atoms with Gasteiger partial charge in [-0.2, -0.15) is 0 Å². The van der Waals surface area contributed by atoms with Gasteiger partial charge in [0.15, 0.2) is 0 Å². The molecule has 9 nitrogen and oxygen atoms in total. The number of aromatic nitrogens is 2. The molecule has 0 bridgehead atoms. The van der Waals surface area contributed by atoms with Crippen molar-refractivity contribution < 1.29 is 19.5 Å². The van der Waals surface area contributed by atoms with Gasteiger partial charge in [0.2, 0.25) is 5.91 Å². The number of aromatic amines is 1. The van der Waals surface area contributed by atoms with Crippen LogP contribution in [0.5, 0.6) is 0 Å². The molecular weight excluding hydrogens is 278 g/mol. The Bertz CT molecular complexity index is 474. The molecular formula is C12H19N5O4. The van der Waals surface area contributed by atoms with E-state index in [9.17, 15) is 14.4 Å². The summed E-state index contributed by atoms with van der Waals surface area (Å²) in [5, 5.41) is 16.4. The zero-order chi connectivity index (χ0) is 15.7. The van der Waals surface area contributed by atoms with Gasteiger partial charge in [0.05, 0.1) is 6.33 Å². The first-order valence-electron chi connectivity index (χ1n) is 6.54. The monoisotopic (exact) mass is 297 g/mol. The van der Waals surface area contributed by atoms with Gasteiger partial charge in [-0.3, -0.25) is 4.79 Å². The summed E-state index contributed by atoms with van der Waals surface area (Å²) in [4.78, 5) is 40.4. The molecule has 1 aromatic rings. The zero-order valence-corrected chi connectivity index (χ0v) is 11.7. The van der Waals surface area contributed by atoms with E-state index in [1.807, 2.05) is 0 Å². The summed E-state index contributed by atoms with van der Waals surface area (Å²) >= 11 is 0. The molecule has 1 heterocycles. The first-order valence-corrected chi connectivity index (χ1v) is 6.54. The fourth-order valence-electron chi connectivity index (χ4n) is 1.60. The summed E-state index contributed by atoms with van der Waals surface area (Å²) in [6.45, 7) is 2.45. The lowest BCUT2D eigenvalue weighted by atomic mass is 10.2. The lowest BCUT2D eigenvalue weighted by molar-refractivity contribution is -0.139. The van der Waals surface area contributed by atoms with Crippen LogP contribution in [0.2, 0.25) is 0 Å². The van der Waals surface area contributed by atoms with E-state index in [0.717, 1.165) is 0 Å². The van der Waals surface area contributed by atoms with Crippen LogP contribution in [0.1, 0.15) is 19.0 Å². The maximum atomic E-state index is 11.6.